The summed E-state index contributed by atoms with van der Waals surface area (Å²) >= 11 is 0. The molecule has 2 aliphatic heterocycles. The highest BCUT2D eigenvalue weighted by molar-refractivity contribution is 7.91. The van der Waals surface area contributed by atoms with E-state index >= 15 is 0 Å². The van der Waals surface area contributed by atoms with Crippen molar-refractivity contribution in [1.82, 2.24) is 16.0 Å². The van der Waals surface area contributed by atoms with Crippen LogP contribution in [-0.4, -0.2) is 53.7 Å². The van der Waals surface area contributed by atoms with E-state index in [2.05, 4.69) is 16.0 Å². The average Bonchev–Trinajstić information content (AvgIpc) is 3.27. The van der Waals surface area contributed by atoms with Crippen LogP contribution in [0.1, 0.15) is 18.4 Å². The maximum atomic E-state index is 13.0. The fraction of sp³-hybridized carbons (Fsp3) is 0.435. The molecule has 3 atom stereocenters. The summed E-state index contributed by atoms with van der Waals surface area (Å²) in [6, 6.07) is 11.3. The molecule has 3 unspecified atom stereocenters. The van der Waals surface area contributed by atoms with Gasteiger partial charge in [0.15, 0.2) is 11.5 Å². The van der Waals surface area contributed by atoms with Crippen molar-refractivity contribution in [1.29, 1.82) is 0 Å². The zero-order chi connectivity index (χ0) is 22.7. The summed E-state index contributed by atoms with van der Waals surface area (Å²) < 4.78 is 36.4. The van der Waals surface area contributed by atoms with Gasteiger partial charge in [-0.15, -0.1) is 0 Å². The summed E-state index contributed by atoms with van der Waals surface area (Å²) in [7, 11) is -0.751. The maximum Gasteiger partial charge on any atom is 0.237 e. The Kier molecular flexibility index (Phi) is 6.68. The zero-order valence-electron chi connectivity index (χ0n) is 18.3. The Morgan fingerprint density at radius 1 is 1.06 bits per heavy atom. The van der Waals surface area contributed by atoms with Crippen LogP contribution in [0.4, 0.5) is 0 Å². The first-order valence-electron chi connectivity index (χ1n) is 10.7. The minimum atomic E-state index is -3.71. The Labute approximate surface area is 188 Å². The molecule has 2 aromatic carbocycles. The quantitative estimate of drug-likeness (QED) is 0.576. The lowest BCUT2D eigenvalue weighted by atomic mass is 9.94. The van der Waals surface area contributed by atoms with E-state index in [4.69, 9.17) is 9.47 Å². The van der Waals surface area contributed by atoms with Gasteiger partial charge in [0.1, 0.15) is 0 Å². The van der Waals surface area contributed by atoms with Crippen LogP contribution in [0.3, 0.4) is 0 Å². The molecule has 32 heavy (non-hydrogen) atoms. The van der Waals surface area contributed by atoms with E-state index in [0.29, 0.717) is 30.0 Å². The molecular formula is C23H29N3O5S. The SMILES string of the molecule is COc1ccc(S(=O)(=O)c2ccc(CNC(=O)C3CC4CNCCC4N3)cc2)cc1OC. The first-order valence-corrected chi connectivity index (χ1v) is 12.2. The second-order valence-corrected chi connectivity index (χ2v) is 10.1. The maximum absolute atomic E-state index is 13.0. The minimum Gasteiger partial charge on any atom is -0.493 e. The van der Waals surface area contributed by atoms with Gasteiger partial charge in [-0.25, -0.2) is 8.42 Å². The number of piperidine rings is 1. The van der Waals surface area contributed by atoms with Gasteiger partial charge in [0.25, 0.3) is 0 Å². The largest absolute Gasteiger partial charge is 0.493 e. The number of nitrogens with one attached hydrogen (secondary N) is 3. The third-order valence-corrected chi connectivity index (χ3v) is 8.01. The van der Waals surface area contributed by atoms with E-state index in [9.17, 15) is 13.2 Å². The highest BCUT2D eigenvalue weighted by atomic mass is 32.2. The number of amides is 1. The summed E-state index contributed by atoms with van der Waals surface area (Å²) in [6.45, 7) is 2.29. The molecule has 0 spiro atoms. The van der Waals surface area contributed by atoms with Crippen molar-refractivity contribution in [2.24, 2.45) is 5.92 Å². The molecular weight excluding hydrogens is 430 g/mol. The van der Waals surface area contributed by atoms with E-state index in [1.807, 2.05) is 0 Å². The third kappa shape index (κ3) is 4.60. The van der Waals surface area contributed by atoms with Gasteiger partial charge in [-0.3, -0.25) is 4.79 Å². The minimum absolute atomic E-state index is 0.0126. The standard InChI is InChI=1S/C23H29N3O5S/c1-30-21-8-7-18(12-22(21)31-2)32(28,29)17-5-3-15(4-6-17)13-25-23(27)20-11-16-14-24-10-9-19(16)26-20/h3-8,12,16,19-20,24,26H,9-11,13-14H2,1-2H3,(H,25,27). The molecule has 1 amide bonds. The van der Waals surface area contributed by atoms with Gasteiger partial charge in [0, 0.05) is 18.7 Å². The van der Waals surface area contributed by atoms with Crippen LogP contribution < -0.4 is 25.4 Å². The molecule has 2 heterocycles. The first-order chi connectivity index (χ1) is 15.4. The number of benzene rings is 2. The van der Waals surface area contributed by atoms with Crippen molar-refractivity contribution in [3.8, 4) is 11.5 Å². The Morgan fingerprint density at radius 2 is 1.78 bits per heavy atom. The van der Waals surface area contributed by atoms with Gasteiger partial charge < -0.3 is 25.4 Å². The second kappa shape index (κ2) is 9.48. The lowest BCUT2D eigenvalue weighted by Crippen LogP contribution is -2.45. The number of carbonyl (C=O) groups excluding carboxylic acids is 1. The molecule has 0 aromatic heterocycles. The van der Waals surface area contributed by atoms with Crippen LogP contribution in [0, 0.1) is 5.92 Å². The van der Waals surface area contributed by atoms with Gasteiger partial charge in [0.2, 0.25) is 15.7 Å². The van der Waals surface area contributed by atoms with Crippen LogP contribution in [0.25, 0.3) is 0 Å². The summed E-state index contributed by atoms with van der Waals surface area (Å²) in [5, 5.41) is 9.79. The number of hydrogen-bond acceptors (Lipinski definition) is 7. The predicted molar refractivity (Wildman–Crippen MR) is 120 cm³/mol. The molecule has 9 heteroatoms. The van der Waals surface area contributed by atoms with Crippen molar-refractivity contribution in [2.75, 3.05) is 27.3 Å². The summed E-state index contributed by atoms with van der Waals surface area (Å²) in [4.78, 5) is 12.9. The van der Waals surface area contributed by atoms with Crippen molar-refractivity contribution in [3.05, 3.63) is 48.0 Å². The highest BCUT2D eigenvalue weighted by Crippen LogP contribution is 2.32. The number of sulfone groups is 1. The molecule has 0 bridgehead atoms. The molecule has 0 radical (unpaired) electrons. The second-order valence-electron chi connectivity index (χ2n) is 8.20. The number of carbonyl (C=O) groups is 1. The molecule has 172 valence electrons. The molecule has 2 aliphatic rings. The van der Waals surface area contributed by atoms with E-state index in [1.165, 1.54) is 26.4 Å². The van der Waals surface area contributed by atoms with Gasteiger partial charge in [-0.05, 0) is 61.7 Å². The summed E-state index contributed by atoms with van der Waals surface area (Å²) in [5.74, 6) is 1.30. The number of hydrogen-bond donors (Lipinski definition) is 3. The number of rotatable bonds is 7. The smallest absolute Gasteiger partial charge is 0.237 e. The lowest BCUT2D eigenvalue weighted by Gasteiger charge is -2.25. The van der Waals surface area contributed by atoms with Gasteiger partial charge in [-0.2, -0.15) is 0 Å². The van der Waals surface area contributed by atoms with Crippen molar-refractivity contribution in [3.63, 3.8) is 0 Å². The van der Waals surface area contributed by atoms with Crippen molar-refractivity contribution >= 4 is 15.7 Å². The summed E-state index contributed by atoms with van der Waals surface area (Å²) in [5.41, 5.74) is 0.835. The molecule has 2 fully saturated rings. The third-order valence-electron chi connectivity index (χ3n) is 6.24. The molecule has 0 saturated carbocycles. The fourth-order valence-corrected chi connectivity index (χ4v) is 5.70. The Hall–Kier alpha value is -2.62. The van der Waals surface area contributed by atoms with Crippen LogP contribution in [-0.2, 0) is 21.2 Å². The molecule has 8 nitrogen and oxygen atoms in total. The molecule has 4 rings (SSSR count). The molecule has 0 aliphatic carbocycles. The van der Waals surface area contributed by atoms with E-state index < -0.39 is 9.84 Å². The average molecular weight is 460 g/mol. The number of fused-ring (bicyclic) bond motifs is 1. The monoisotopic (exact) mass is 459 g/mol. The normalized spacial score (nSPS) is 22.8. The Bertz CT molecular complexity index is 1060. The number of methoxy groups -OCH3 is 2. The van der Waals surface area contributed by atoms with E-state index in [0.717, 1.165) is 31.5 Å². The molecule has 2 aromatic rings. The fourth-order valence-electron chi connectivity index (χ4n) is 4.42. The Balaban J connectivity index is 1.39. The summed E-state index contributed by atoms with van der Waals surface area (Å²) in [6.07, 6.45) is 1.89. The van der Waals surface area contributed by atoms with E-state index in [-0.39, 0.29) is 21.7 Å². The van der Waals surface area contributed by atoms with Crippen LogP contribution in [0.5, 0.6) is 11.5 Å². The topological polar surface area (TPSA) is 106 Å². The van der Waals surface area contributed by atoms with Crippen LogP contribution >= 0.6 is 0 Å². The molecule has 2 saturated heterocycles. The van der Waals surface area contributed by atoms with Crippen LogP contribution in [0.15, 0.2) is 52.3 Å². The van der Waals surface area contributed by atoms with Crippen molar-refractivity contribution in [2.45, 2.75) is 41.3 Å². The highest BCUT2D eigenvalue weighted by Gasteiger charge is 2.38. The van der Waals surface area contributed by atoms with E-state index in [1.54, 1.807) is 30.3 Å². The molecule has 3 N–H and O–H groups in total. The predicted octanol–water partition coefficient (Wildman–Crippen LogP) is 1.49. The number of ether oxygens (including phenoxy) is 2. The van der Waals surface area contributed by atoms with Crippen LogP contribution in [0.2, 0.25) is 0 Å². The Morgan fingerprint density at radius 3 is 2.47 bits per heavy atom. The van der Waals surface area contributed by atoms with Gasteiger partial charge in [0.05, 0.1) is 30.1 Å². The van der Waals surface area contributed by atoms with Crippen molar-refractivity contribution < 1.29 is 22.7 Å². The first kappa shape index (κ1) is 22.6. The van der Waals surface area contributed by atoms with Gasteiger partial charge in [-0.1, -0.05) is 12.1 Å². The zero-order valence-corrected chi connectivity index (χ0v) is 19.1. The lowest BCUT2D eigenvalue weighted by molar-refractivity contribution is -0.123. The van der Waals surface area contributed by atoms with Gasteiger partial charge >= 0.3 is 0 Å².